The molecule has 0 heterocycles. The molecule has 0 radical (unpaired) electrons. The normalized spacial score (nSPS) is 9.40. The third-order valence-corrected chi connectivity index (χ3v) is 2.79. The highest BCUT2D eigenvalue weighted by molar-refractivity contribution is 5.97. The number of aryl methyl sites for hydroxylation is 1. The van der Waals surface area contributed by atoms with Crippen LogP contribution in [0.2, 0.25) is 0 Å². The number of rotatable bonds is 3. The van der Waals surface area contributed by atoms with Crippen LogP contribution >= 0.6 is 0 Å². The van der Waals surface area contributed by atoms with Crippen molar-refractivity contribution in [3.05, 3.63) is 34.9 Å². The molecular formula is C15H18N2O3. The van der Waals surface area contributed by atoms with E-state index in [1.165, 1.54) is 11.9 Å². The van der Waals surface area contributed by atoms with Gasteiger partial charge in [0.15, 0.2) is 0 Å². The maximum atomic E-state index is 12.3. The lowest BCUT2D eigenvalue weighted by molar-refractivity contribution is -0.121. The number of carbonyl (C=O) groups excluding carboxylic acids is 2. The van der Waals surface area contributed by atoms with Crippen LogP contribution in [-0.2, 0) is 4.79 Å². The Balaban J connectivity index is 2.99. The molecule has 0 aliphatic carbocycles. The number of nitrogens with one attached hydrogen (secondary N) is 1. The van der Waals surface area contributed by atoms with Crippen molar-refractivity contribution in [2.24, 2.45) is 0 Å². The first-order valence-electron chi connectivity index (χ1n) is 6.16. The predicted molar refractivity (Wildman–Crippen MR) is 76.2 cm³/mol. The second-order valence-electron chi connectivity index (χ2n) is 4.32. The van der Waals surface area contributed by atoms with Crippen molar-refractivity contribution in [2.45, 2.75) is 6.92 Å². The van der Waals surface area contributed by atoms with Crippen molar-refractivity contribution in [1.29, 1.82) is 0 Å². The standard InChI is InChI=1S/C15H18N2O3/c1-11-6-7-12(5-4-8-18)9-13(11)15(20)17(3)10-14(19)16-2/h6-7,9,18H,8,10H2,1-3H3,(H,16,19). The fraction of sp³-hybridized carbons (Fsp3) is 0.333. The van der Waals surface area contributed by atoms with Gasteiger partial charge < -0.3 is 15.3 Å². The highest BCUT2D eigenvalue weighted by atomic mass is 16.2. The first-order valence-corrected chi connectivity index (χ1v) is 6.16. The molecule has 0 bridgehead atoms. The summed E-state index contributed by atoms with van der Waals surface area (Å²) in [6.45, 7) is 1.60. The molecule has 2 N–H and O–H groups in total. The molecule has 1 rings (SSSR count). The SMILES string of the molecule is CNC(=O)CN(C)C(=O)c1cc(C#CCO)ccc1C. The second kappa shape index (κ2) is 7.31. The predicted octanol–water partition coefficient (Wildman–Crippen LogP) is 0.157. The van der Waals surface area contributed by atoms with E-state index in [2.05, 4.69) is 17.2 Å². The Morgan fingerprint density at radius 1 is 1.40 bits per heavy atom. The van der Waals surface area contributed by atoms with E-state index in [4.69, 9.17) is 5.11 Å². The first-order chi connectivity index (χ1) is 9.49. The van der Waals surface area contributed by atoms with Crippen LogP contribution in [0.15, 0.2) is 18.2 Å². The van der Waals surface area contributed by atoms with Crippen LogP contribution in [0.4, 0.5) is 0 Å². The summed E-state index contributed by atoms with van der Waals surface area (Å²) in [5.41, 5.74) is 1.97. The number of hydrogen-bond donors (Lipinski definition) is 2. The molecule has 0 fully saturated rings. The third-order valence-electron chi connectivity index (χ3n) is 2.79. The fourth-order valence-electron chi connectivity index (χ4n) is 1.64. The average Bonchev–Trinajstić information content (AvgIpc) is 2.45. The van der Waals surface area contributed by atoms with Crippen LogP contribution in [-0.4, -0.2) is 49.1 Å². The monoisotopic (exact) mass is 274 g/mol. The molecule has 0 aromatic heterocycles. The summed E-state index contributed by atoms with van der Waals surface area (Å²) in [6, 6.07) is 5.25. The summed E-state index contributed by atoms with van der Waals surface area (Å²) in [4.78, 5) is 24.9. The quantitative estimate of drug-likeness (QED) is 0.771. The highest BCUT2D eigenvalue weighted by Gasteiger charge is 2.16. The first kappa shape index (κ1) is 15.7. The Morgan fingerprint density at radius 2 is 2.10 bits per heavy atom. The van der Waals surface area contributed by atoms with E-state index in [1.807, 2.05) is 6.92 Å². The molecule has 0 aliphatic heterocycles. The molecule has 20 heavy (non-hydrogen) atoms. The molecule has 5 nitrogen and oxygen atoms in total. The van der Waals surface area contributed by atoms with E-state index < -0.39 is 0 Å². The topological polar surface area (TPSA) is 69.6 Å². The third kappa shape index (κ3) is 4.11. The Kier molecular flexibility index (Phi) is 5.75. The molecule has 1 aromatic rings. The van der Waals surface area contributed by atoms with Gasteiger partial charge in [0.2, 0.25) is 5.91 Å². The van der Waals surface area contributed by atoms with Gasteiger partial charge >= 0.3 is 0 Å². The Morgan fingerprint density at radius 3 is 2.70 bits per heavy atom. The lowest BCUT2D eigenvalue weighted by atomic mass is 10.0. The molecular weight excluding hydrogens is 256 g/mol. The molecule has 0 saturated heterocycles. The molecule has 0 saturated carbocycles. The summed E-state index contributed by atoms with van der Waals surface area (Å²) in [5, 5.41) is 11.2. The van der Waals surface area contributed by atoms with E-state index in [0.717, 1.165) is 5.56 Å². The van der Waals surface area contributed by atoms with Gasteiger partial charge in [0, 0.05) is 25.2 Å². The lowest BCUT2D eigenvalue weighted by Crippen LogP contribution is -2.37. The highest BCUT2D eigenvalue weighted by Crippen LogP contribution is 2.13. The second-order valence-corrected chi connectivity index (χ2v) is 4.32. The molecule has 0 aliphatic rings. The molecule has 106 valence electrons. The summed E-state index contributed by atoms with van der Waals surface area (Å²) in [7, 11) is 3.10. The number of hydrogen-bond acceptors (Lipinski definition) is 3. The van der Waals surface area contributed by atoms with Crippen molar-refractivity contribution in [3.8, 4) is 11.8 Å². The van der Waals surface area contributed by atoms with Gasteiger partial charge in [0.1, 0.15) is 6.61 Å². The van der Waals surface area contributed by atoms with Crippen LogP contribution in [0.3, 0.4) is 0 Å². The minimum absolute atomic E-state index is 0.00131. The van der Waals surface area contributed by atoms with E-state index in [9.17, 15) is 9.59 Å². The van der Waals surface area contributed by atoms with Crippen molar-refractivity contribution >= 4 is 11.8 Å². The largest absolute Gasteiger partial charge is 0.384 e. The van der Waals surface area contributed by atoms with Gasteiger partial charge in [-0.1, -0.05) is 17.9 Å². The Labute approximate surface area is 118 Å². The number of aliphatic hydroxyl groups is 1. The number of likely N-dealkylation sites (N-methyl/N-ethyl adjacent to an activating group) is 2. The number of carbonyl (C=O) groups is 2. The summed E-state index contributed by atoms with van der Waals surface area (Å²) in [6.07, 6.45) is 0. The minimum Gasteiger partial charge on any atom is -0.384 e. The number of aliphatic hydroxyl groups excluding tert-OH is 1. The Hall–Kier alpha value is -2.32. The number of nitrogens with zero attached hydrogens (tertiary/aromatic N) is 1. The van der Waals surface area contributed by atoms with E-state index in [-0.39, 0.29) is 25.0 Å². The van der Waals surface area contributed by atoms with E-state index >= 15 is 0 Å². The van der Waals surface area contributed by atoms with Gasteiger partial charge in [-0.3, -0.25) is 9.59 Å². The van der Waals surface area contributed by atoms with Crippen molar-refractivity contribution < 1.29 is 14.7 Å². The summed E-state index contributed by atoms with van der Waals surface area (Å²) >= 11 is 0. The zero-order chi connectivity index (χ0) is 15.1. The van der Waals surface area contributed by atoms with Crippen LogP contribution in [0.5, 0.6) is 0 Å². The van der Waals surface area contributed by atoms with Crippen LogP contribution in [0.1, 0.15) is 21.5 Å². The maximum absolute atomic E-state index is 12.3. The molecule has 0 unspecified atom stereocenters. The Bertz CT molecular complexity index is 570. The van der Waals surface area contributed by atoms with Crippen molar-refractivity contribution in [3.63, 3.8) is 0 Å². The number of benzene rings is 1. The number of amides is 2. The average molecular weight is 274 g/mol. The molecule has 0 spiro atoms. The van der Waals surface area contributed by atoms with Crippen molar-refractivity contribution in [1.82, 2.24) is 10.2 Å². The van der Waals surface area contributed by atoms with Crippen LogP contribution in [0, 0.1) is 18.8 Å². The molecule has 2 amide bonds. The van der Waals surface area contributed by atoms with Crippen LogP contribution in [0.25, 0.3) is 0 Å². The van der Waals surface area contributed by atoms with Gasteiger partial charge in [0.05, 0.1) is 6.54 Å². The summed E-state index contributed by atoms with van der Waals surface area (Å²) < 4.78 is 0. The molecule has 1 aromatic carbocycles. The van der Waals surface area contributed by atoms with Gasteiger partial charge in [-0.2, -0.15) is 0 Å². The molecule has 5 heteroatoms. The van der Waals surface area contributed by atoms with Gasteiger partial charge in [0.25, 0.3) is 5.91 Å². The van der Waals surface area contributed by atoms with E-state index in [0.29, 0.717) is 11.1 Å². The van der Waals surface area contributed by atoms with E-state index in [1.54, 1.807) is 25.2 Å². The zero-order valence-corrected chi connectivity index (χ0v) is 11.9. The van der Waals surface area contributed by atoms with Gasteiger partial charge in [-0.05, 0) is 24.6 Å². The smallest absolute Gasteiger partial charge is 0.254 e. The summed E-state index contributed by atoms with van der Waals surface area (Å²) in [5.74, 6) is 4.83. The zero-order valence-electron chi connectivity index (χ0n) is 11.9. The fourth-order valence-corrected chi connectivity index (χ4v) is 1.64. The minimum atomic E-state index is -0.237. The molecule has 0 atom stereocenters. The van der Waals surface area contributed by atoms with Crippen LogP contribution < -0.4 is 5.32 Å². The lowest BCUT2D eigenvalue weighted by Gasteiger charge is -2.17. The van der Waals surface area contributed by atoms with Crippen molar-refractivity contribution in [2.75, 3.05) is 27.2 Å². The maximum Gasteiger partial charge on any atom is 0.254 e. The van der Waals surface area contributed by atoms with Gasteiger partial charge in [-0.15, -0.1) is 0 Å². The van der Waals surface area contributed by atoms with Gasteiger partial charge in [-0.25, -0.2) is 0 Å².